The first-order valence-electron chi connectivity index (χ1n) is 5.98. The number of nitrogens with one attached hydrogen (secondary N) is 3. The van der Waals surface area contributed by atoms with E-state index in [0.717, 1.165) is 12.1 Å². The first-order valence-corrected chi connectivity index (χ1v) is 7.46. The fourth-order valence-electron chi connectivity index (χ4n) is 1.55. The molecule has 116 valence electrons. The average Bonchev–Trinajstić information content (AvgIpc) is 2.42. The molecule has 0 spiro atoms. The summed E-state index contributed by atoms with van der Waals surface area (Å²) in [7, 11) is -2.34. The number of amides is 1. The normalized spacial score (nSPS) is 11.0. The molecule has 21 heavy (non-hydrogen) atoms. The van der Waals surface area contributed by atoms with Crippen molar-refractivity contribution in [1.82, 2.24) is 10.0 Å². The van der Waals surface area contributed by atoms with E-state index in [4.69, 9.17) is 0 Å². The minimum Gasteiger partial charge on any atom is -0.383 e. The topological polar surface area (TPSA) is 130 Å². The van der Waals surface area contributed by atoms with Crippen LogP contribution >= 0.6 is 0 Å². The quantitative estimate of drug-likeness (QED) is 0.370. The van der Waals surface area contributed by atoms with Crippen LogP contribution in [0.5, 0.6) is 0 Å². The smallest absolute Gasteiger partial charge is 0.292 e. The molecule has 1 aromatic carbocycles. The predicted molar refractivity (Wildman–Crippen MR) is 76.5 cm³/mol. The molecule has 0 aliphatic carbocycles. The highest BCUT2D eigenvalue weighted by atomic mass is 32.2. The molecule has 0 aromatic heterocycles. The van der Waals surface area contributed by atoms with Crippen molar-refractivity contribution in [3.8, 4) is 0 Å². The highest BCUT2D eigenvalue weighted by Crippen LogP contribution is 2.26. The molecule has 9 nitrogen and oxygen atoms in total. The van der Waals surface area contributed by atoms with E-state index in [-0.39, 0.29) is 35.3 Å². The Balaban J connectivity index is 2.88. The minimum absolute atomic E-state index is 0.0216. The zero-order chi connectivity index (χ0) is 16.0. The molecule has 0 unspecified atom stereocenters. The number of anilines is 1. The molecule has 1 aromatic rings. The van der Waals surface area contributed by atoms with Crippen molar-refractivity contribution in [1.29, 1.82) is 0 Å². The maximum atomic E-state index is 12.0. The van der Waals surface area contributed by atoms with Crippen LogP contribution in [0.3, 0.4) is 0 Å². The molecule has 3 N–H and O–H groups in total. The fourth-order valence-corrected chi connectivity index (χ4v) is 2.61. The largest absolute Gasteiger partial charge is 0.383 e. The van der Waals surface area contributed by atoms with Gasteiger partial charge in [-0.05, 0) is 12.1 Å². The summed E-state index contributed by atoms with van der Waals surface area (Å²) in [6.07, 6.45) is 0. The van der Waals surface area contributed by atoms with Gasteiger partial charge in [0.1, 0.15) is 5.69 Å². The Labute approximate surface area is 121 Å². The first-order chi connectivity index (χ1) is 9.77. The standard InChI is InChI=1S/C11H16N4O5S/c1-8(16)13-5-6-14-21(19,20)9-3-4-11(15(17)18)10(7-9)12-2/h3-4,7,12,14H,5-6H2,1-2H3,(H,13,16). The number of benzene rings is 1. The lowest BCUT2D eigenvalue weighted by Crippen LogP contribution is -2.33. The van der Waals surface area contributed by atoms with Gasteiger partial charge in [-0.1, -0.05) is 0 Å². The number of nitro groups is 1. The molecule has 0 aliphatic heterocycles. The van der Waals surface area contributed by atoms with E-state index in [9.17, 15) is 23.3 Å². The van der Waals surface area contributed by atoms with Crippen LogP contribution in [0.25, 0.3) is 0 Å². The lowest BCUT2D eigenvalue weighted by atomic mass is 10.3. The Morgan fingerprint density at radius 2 is 2.00 bits per heavy atom. The van der Waals surface area contributed by atoms with E-state index in [0.29, 0.717) is 0 Å². The van der Waals surface area contributed by atoms with Gasteiger partial charge in [-0.2, -0.15) is 0 Å². The second kappa shape index (κ2) is 6.99. The summed E-state index contributed by atoms with van der Waals surface area (Å²) < 4.78 is 26.3. The zero-order valence-corrected chi connectivity index (χ0v) is 12.4. The molecular weight excluding hydrogens is 300 g/mol. The van der Waals surface area contributed by atoms with E-state index < -0.39 is 14.9 Å². The molecule has 0 bridgehead atoms. The summed E-state index contributed by atoms with van der Waals surface area (Å²) in [4.78, 5) is 20.7. The van der Waals surface area contributed by atoms with Gasteiger partial charge in [0.05, 0.1) is 9.82 Å². The average molecular weight is 316 g/mol. The molecule has 0 heterocycles. The Kier molecular flexibility index (Phi) is 5.61. The molecule has 1 rings (SSSR count). The third-order valence-corrected chi connectivity index (χ3v) is 3.99. The molecule has 0 atom stereocenters. The van der Waals surface area contributed by atoms with Crippen molar-refractivity contribution < 1.29 is 18.1 Å². The molecule has 0 saturated heterocycles. The highest BCUT2D eigenvalue weighted by molar-refractivity contribution is 7.89. The summed E-state index contributed by atoms with van der Waals surface area (Å²) in [6.45, 7) is 1.50. The van der Waals surface area contributed by atoms with Crippen LogP contribution < -0.4 is 15.4 Å². The number of hydrogen-bond acceptors (Lipinski definition) is 6. The Bertz CT molecular complexity index is 644. The van der Waals surface area contributed by atoms with Crippen LogP contribution in [0.2, 0.25) is 0 Å². The summed E-state index contributed by atoms with van der Waals surface area (Å²) in [5.74, 6) is -0.262. The third-order valence-electron chi connectivity index (χ3n) is 2.54. The Hall–Kier alpha value is -2.20. The van der Waals surface area contributed by atoms with Gasteiger partial charge in [-0.3, -0.25) is 14.9 Å². The maximum Gasteiger partial charge on any atom is 0.292 e. The van der Waals surface area contributed by atoms with Crippen molar-refractivity contribution in [2.45, 2.75) is 11.8 Å². The number of sulfonamides is 1. The number of carbonyl (C=O) groups excluding carboxylic acids is 1. The van der Waals surface area contributed by atoms with Crippen molar-refractivity contribution in [3.05, 3.63) is 28.3 Å². The molecule has 10 heteroatoms. The van der Waals surface area contributed by atoms with Crippen molar-refractivity contribution in [3.63, 3.8) is 0 Å². The summed E-state index contributed by atoms with van der Waals surface area (Å²) >= 11 is 0. The predicted octanol–water partition coefficient (Wildman–Crippen LogP) is 0.0509. The third kappa shape index (κ3) is 4.68. The minimum atomic E-state index is -3.80. The fraction of sp³-hybridized carbons (Fsp3) is 0.364. The molecular formula is C11H16N4O5S. The van der Waals surface area contributed by atoms with Crippen LogP contribution in [0.4, 0.5) is 11.4 Å². The highest BCUT2D eigenvalue weighted by Gasteiger charge is 2.19. The van der Waals surface area contributed by atoms with Gasteiger partial charge >= 0.3 is 0 Å². The van der Waals surface area contributed by atoms with Crippen LogP contribution in [0, 0.1) is 10.1 Å². The second-order valence-corrected chi connectivity index (χ2v) is 5.83. The molecule has 0 fully saturated rings. The molecule has 0 saturated carbocycles. The van der Waals surface area contributed by atoms with Gasteiger partial charge in [0, 0.05) is 33.1 Å². The first kappa shape index (κ1) is 16.9. The van der Waals surface area contributed by atoms with Crippen molar-refractivity contribution >= 4 is 27.3 Å². The number of hydrogen-bond donors (Lipinski definition) is 3. The van der Waals surface area contributed by atoms with Gasteiger partial charge in [0.2, 0.25) is 15.9 Å². The number of nitrogens with zero attached hydrogens (tertiary/aromatic N) is 1. The van der Waals surface area contributed by atoms with E-state index in [2.05, 4.69) is 15.4 Å². The molecule has 0 radical (unpaired) electrons. The second-order valence-electron chi connectivity index (χ2n) is 4.07. The van der Waals surface area contributed by atoms with Crippen LogP contribution in [0.15, 0.2) is 23.1 Å². The molecule has 1 amide bonds. The monoisotopic (exact) mass is 316 g/mol. The Morgan fingerprint density at radius 3 is 2.52 bits per heavy atom. The van der Waals surface area contributed by atoms with Crippen molar-refractivity contribution in [2.24, 2.45) is 0 Å². The molecule has 0 aliphatic rings. The van der Waals surface area contributed by atoms with Gasteiger partial charge in [-0.25, -0.2) is 13.1 Å². The van der Waals surface area contributed by atoms with Gasteiger partial charge in [-0.15, -0.1) is 0 Å². The summed E-state index contributed by atoms with van der Waals surface area (Å²) in [5.41, 5.74) is -0.112. The number of rotatable bonds is 7. The van der Waals surface area contributed by atoms with E-state index in [1.165, 1.54) is 20.0 Å². The van der Waals surface area contributed by atoms with Crippen LogP contribution in [-0.2, 0) is 14.8 Å². The maximum absolute atomic E-state index is 12.0. The van der Waals surface area contributed by atoms with E-state index >= 15 is 0 Å². The van der Waals surface area contributed by atoms with Gasteiger partial charge in [0.15, 0.2) is 0 Å². The van der Waals surface area contributed by atoms with Gasteiger partial charge < -0.3 is 10.6 Å². The number of nitro benzene ring substituents is 1. The van der Waals surface area contributed by atoms with Gasteiger partial charge in [0.25, 0.3) is 5.69 Å². The zero-order valence-electron chi connectivity index (χ0n) is 11.5. The van der Waals surface area contributed by atoms with E-state index in [1.807, 2.05) is 0 Å². The summed E-state index contributed by atoms with van der Waals surface area (Å²) in [5, 5.41) is 15.8. The number of carbonyl (C=O) groups is 1. The Morgan fingerprint density at radius 1 is 1.33 bits per heavy atom. The summed E-state index contributed by atoms with van der Waals surface area (Å²) in [6, 6.07) is 3.45. The van der Waals surface area contributed by atoms with Crippen LogP contribution in [0.1, 0.15) is 6.92 Å². The van der Waals surface area contributed by atoms with Crippen LogP contribution in [-0.4, -0.2) is 39.4 Å². The SMILES string of the molecule is CNc1cc(S(=O)(=O)NCCNC(C)=O)ccc1[N+](=O)[O-]. The lowest BCUT2D eigenvalue weighted by molar-refractivity contribution is -0.384. The van der Waals surface area contributed by atoms with Crippen molar-refractivity contribution in [2.75, 3.05) is 25.5 Å². The lowest BCUT2D eigenvalue weighted by Gasteiger charge is -2.09. The van der Waals surface area contributed by atoms with E-state index in [1.54, 1.807) is 0 Å².